The summed E-state index contributed by atoms with van der Waals surface area (Å²) in [7, 11) is 1.52. The van der Waals surface area contributed by atoms with Gasteiger partial charge in [-0.2, -0.15) is 9.50 Å². The van der Waals surface area contributed by atoms with Crippen LogP contribution in [0.3, 0.4) is 0 Å². The van der Waals surface area contributed by atoms with Crippen molar-refractivity contribution in [2.75, 3.05) is 12.0 Å². The first-order valence-corrected chi connectivity index (χ1v) is 9.81. The number of ether oxygens (including phenoxy) is 1. The molecule has 4 rings (SSSR count). The van der Waals surface area contributed by atoms with Crippen LogP contribution in [0.4, 0.5) is 5.95 Å². The smallest absolute Gasteiger partial charge is 0.277 e. The number of hydrogen-bond acceptors (Lipinski definition) is 6. The number of rotatable bonds is 5. The normalized spacial score (nSPS) is 11.0. The standard InChI is InChI=1S/C20H19N5O3S/c1-12-13(2)21-19-22-20(23-25(19)17(12)26)24(11-14-7-6-10-29-14)18(27)15-8-4-5-9-16(15)28-3/h4-10H,11H2,1-3H3,(H,21,22,23). The summed E-state index contributed by atoms with van der Waals surface area (Å²) >= 11 is 1.53. The maximum Gasteiger partial charge on any atom is 0.277 e. The Labute approximate surface area is 170 Å². The molecule has 0 atom stereocenters. The van der Waals surface area contributed by atoms with Crippen LogP contribution >= 0.6 is 11.3 Å². The number of amides is 1. The molecule has 8 nitrogen and oxygen atoms in total. The molecule has 0 fully saturated rings. The molecule has 29 heavy (non-hydrogen) atoms. The highest BCUT2D eigenvalue weighted by Crippen LogP contribution is 2.24. The van der Waals surface area contributed by atoms with Gasteiger partial charge in [-0.1, -0.05) is 18.2 Å². The van der Waals surface area contributed by atoms with Gasteiger partial charge in [-0.05, 0) is 37.4 Å². The predicted octanol–water partition coefficient (Wildman–Crippen LogP) is 2.95. The van der Waals surface area contributed by atoms with Crippen molar-refractivity contribution in [3.8, 4) is 5.75 Å². The molecule has 1 aromatic carbocycles. The largest absolute Gasteiger partial charge is 0.496 e. The highest BCUT2D eigenvalue weighted by atomic mass is 32.1. The number of hydrogen-bond donors (Lipinski definition) is 1. The van der Waals surface area contributed by atoms with Crippen molar-refractivity contribution in [2.24, 2.45) is 0 Å². The van der Waals surface area contributed by atoms with E-state index < -0.39 is 0 Å². The molecular weight excluding hydrogens is 390 g/mol. The first-order valence-electron chi connectivity index (χ1n) is 8.93. The zero-order chi connectivity index (χ0) is 20.5. The molecule has 0 saturated carbocycles. The number of anilines is 1. The van der Waals surface area contributed by atoms with E-state index in [9.17, 15) is 9.59 Å². The van der Waals surface area contributed by atoms with Crippen LogP contribution in [0.25, 0.3) is 5.78 Å². The maximum atomic E-state index is 13.4. The third-order valence-corrected chi connectivity index (χ3v) is 5.55. The van der Waals surface area contributed by atoms with Gasteiger partial charge in [0.15, 0.2) is 0 Å². The van der Waals surface area contributed by atoms with E-state index in [1.54, 1.807) is 38.1 Å². The Bertz CT molecular complexity index is 1240. The molecule has 9 heteroatoms. The van der Waals surface area contributed by atoms with Crippen LogP contribution in [0.1, 0.15) is 26.5 Å². The quantitative estimate of drug-likeness (QED) is 0.547. The van der Waals surface area contributed by atoms with E-state index in [2.05, 4.69) is 15.1 Å². The minimum Gasteiger partial charge on any atom is -0.496 e. The average Bonchev–Trinajstić information content (AvgIpc) is 3.39. The molecule has 0 aliphatic carbocycles. The first-order chi connectivity index (χ1) is 14.0. The Hall–Kier alpha value is -3.46. The number of carbonyl (C=O) groups is 1. The van der Waals surface area contributed by atoms with Crippen LogP contribution in [0, 0.1) is 13.8 Å². The monoisotopic (exact) mass is 409 g/mol. The van der Waals surface area contributed by atoms with Crippen molar-refractivity contribution < 1.29 is 9.53 Å². The molecule has 0 bridgehead atoms. The topological polar surface area (TPSA) is 92.6 Å². The molecule has 0 aliphatic rings. The van der Waals surface area contributed by atoms with E-state index in [1.807, 2.05) is 17.5 Å². The van der Waals surface area contributed by atoms with Crippen LogP contribution in [-0.2, 0) is 6.54 Å². The van der Waals surface area contributed by atoms with Gasteiger partial charge in [0.1, 0.15) is 5.75 Å². The van der Waals surface area contributed by atoms with E-state index in [1.165, 1.54) is 27.9 Å². The summed E-state index contributed by atoms with van der Waals surface area (Å²) in [6.07, 6.45) is 0. The Balaban J connectivity index is 1.85. The lowest BCUT2D eigenvalue weighted by Crippen LogP contribution is -2.31. The lowest BCUT2D eigenvalue weighted by atomic mass is 10.1. The summed E-state index contributed by atoms with van der Waals surface area (Å²) < 4.78 is 6.61. The molecular formula is C20H19N5O3S. The molecule has 0 aliphatic heterocycles. The molecule has 4 aromatic rings. The van der Waals surface area contributed by atoms with Crippen LogP contribution in [-0.4, -0.2) is 32.6 Å². The van der Waals surface area contributed by atoms with E-state index in [4.69, 9.17) is 4.74 Å². The molecule has 3 heterocycles. The zero-order valence-corrected chi connectivity index (χ0v) is 17.0. The van der Waals surface area contributed by atoms with E-state index >= 15 is 0 Å². The molecule has 0 unspecified atom stereocenters. The highest BCUT2D eigenvalue weighted by molar-refractivity contribution is 7.09. The minimum atomic E-state index is -0.295. The Morgan fingerprint density at radius 1 is 1.21 bits per heavy atom. The number of aromatic nitrogens is 4. The van der Waals surface area contributed by atoms with Crippen molar-refractivity contribution in [1.29, 1.82) is 0 Å². The highest BCUT2D eigenvalue weighted by Gasteiger charge is 2.25. The van der Waals surface area contributed by atoms with Crippen molar-refractivity contribution in [3.63, 3.8) is 0 Å². The Morgan fingerprint density at radius 3 is 2.72 bits per heavy atom. The van der Waals surface area contributed by atoms with Gasteiger partial charge in [0.05, 0.1) is 19.2 Å². The summed E-state index contributed by atoms with van der Waals surface area (Å²) in [6, 6.07) is 10.9. The van der Waals surface area contributed by atoms with Crippen LogP contribution < -0.4 is 15.2 Å². The van der Waals surface area contributed by atoms with Gasteiger partial charge in [0, 0.05) is 16.1 Å². The lowest BCUT2D eigenvalue weighted by molar-refractivity contribution is 0.0981. The third-order valence-electron chi connectivity index (χ3n) is 4.68. The number of methoxy groups -OCH3 is 1. The van der Waals surface area contributed by atoms with Crippen molar-refractivity contribution in [3.05, 3.63) is 73.8 Å². The van der Waals surface area contributed by atoms with Crippen LogP contribution in [0.15, 0.2) is 46.6 Å². The van der Waals surface area contributed by atoms with Crippen molar-refractivity contribution in [2.45, 2.75) is 20.4 Å². The van der Waals surface area contributed by atoms with Gasteiger partial charge < -0.3 is 4.74 Å². The van der Waals surface area contributed by atoms with E-state index in [0.29, 0.717) is 29.1 Å². The lowest BCUT2D eigenvalue weighted by Gasteiger charge is -2.20. The van der Waals surface area contributed by atoms with Crippen LogP contribution in [0.5, 0.6) is 5.75 Å². The number of nitrogens with one attached hydrogen (secondary N) is 1. The van der Waals surface area contributed by atoms with Gasteiger partial charge >= 0.3 is 0 Å². The molecule has 1 amide bonds. The number of aromatic amines is 1. The number of para-hydroxylation sites is 1. The molecule has 0 saturated heterocycles. The van der Waals surface area contributed by atoms with Gasteiger partial charge in [-0.3, -0.25) is 19.6 Å². The molecule has 0 spiro atoms. The molecule has 1 N–H and O–H groups in total. The summed E-state index contributed by atoms with van der Waals surface area (Å²) in [5.41, 5.74) is 1.29. The van der Waals surface area contributed by atoms with Gasteiger partial charge in [-0.15, -0.1) is 11.3 Å². The van der Waals surface area contributed by atoms with Crippen molar-refractivity contribution >= 4 is 29.0 Å². The zero-order valence-electron chi connectivity index (χ0n) is 16.2. The Morgan fingerprint density at radius 2 is 2.00 bits per heavy atom. The summed E-state index contributed by atoms with van der Waals surface area (Å²) in [5.74, 6) is 0.629. The maximum absolute atomic E-state index is 13.4. The second-order valence-electron chi connectivity index (χ2n) is 6.48. The molecule has 148 valence electrons. The van der Waals surface area contributed by atoms with Gasteiger partial charge in [0.2, 0.25) is 5.95 Å². The number of aryl methyl sites for hydroxylation is 1. The van der Waals surface area contributed by atoms with E-state index in [0.717, 1.165) is 4.88 Å². The fourth-order valence-corrected chi connectivity index (χ4v) is 3.67. The predicted molar refractivity (Wildman–Crippen MR) is 111 cm³/mol. The Kier molecular flexibility index (Phi) is 4.89. The third kappa shape index (κ3) is 3.40. The number of carbonyl (C=O) groups excluding carboxylic acids is 1. The second-order valence-corrected chi connectivity index (χ2v) is 7.51. The SMILES string of the molecule is COc1ccccc1C(=O)N(Cc1cccs1)c1nc2nc(C)c(C)c(=O)n2[nH]1. The van der Waals surface area contributed by atoms with Gasteiger partial charge in [-0.25, -0.2) is 4.98 Å². The van der Waals surface area contributed by atoms with Gasteiger partial charge in [0.25, 0.3) is 17.2 Å². The fourth-order valence-electron chi connectivity index (χ4n) is 2.98. The number of benzene rings is 1. The average molecular weight is 409 g/mol. The number of nitrogens with zero attached hydrogens (tertiary/aromatic N) is 4. The first kappa shape index (κ1) is 18.9. The fraction of sp³-hybridized carbons (Fsp3) is 0.200. The molecule has 0 radical (unpaired) electrons. The summed E-state index contributed by atoms with van der Waals surface area (Å²) in [5, 5.41) is 4.88. The van der Waals surface area contributed by atoms with E-state index in [-0.39, 0.29) is 23.2 Å². The summed E-state index contributed by atoms with van der Waals surface area (Å²) in [4.78, 5) is 37.3. The summed E-state index contributed by atoms with van der Waals surface area (Å²) in [6.45, 7) is 3.76. The number of fused-ring (bicyclic) bond motifs is 1. The van der Waals surface area contributed by atoms with Crippen LogP contribution in [0.2, 0.25) is 0 Å². The number of H-pyrrole nitrogens is 1. The second kappa shape index (κ2) is 7.51. The number of thiophene rings is 1. The van der Waals surface area contributed by atoms with Crippen molar-refractivity contribution in [1.82, 2.24) is 19.6 Å². The molecule has 3 aromatic heterocycles. The minimum absolute atomic E-state index is 0.220.